The van der Waals surface area contributed by atoms with Gasteiger partial charge in [-0.25, -0.2) is 0 Å². The molecule has 1 amide bonds. The van der Waals surface area contributed by atoms with E-state index in [4.69, 9.17) is 23.2 Å². The number of nitrogens with zero attached hydrogens (tertiary/aromatic N) is 2. The molecule has 0 aromatic heterocycles. The molecule has 2 aromatic rings. The van der Waals surface area contributed by atoms with Crippen molar-refractivity contribution in [2.24, 2.45) is 5.10 Å². The Morgan fingerprint density at radius 1 is 0.870 bits per heavy atom. The van der Waals surface area contributed by atoms with Gasteiger partial charge in [-0.15, -0.1) is 0 Å². The van der Waals surface area contributed by atoms with Crippen LogP contribution in [0.3, 0.4) is 0 Å². The summed E-state index contributed by atoms with van der Waals surface area (Å²) in [6.45, 7) is 0. The number of halogens is 2. The Morgan fingerprint density at radius 2 is 1.39 bits per heavy atom. The third kappa shape index (κ3) is 2.88. The van der Waals surface area contributed by atoms with E-state index in [-0.39, 0.29) is 5.56 Å². The minimum Gasteiger partial charge on any atom is -0.287 e. The monoisotopic (exact) mass is 346 g/mol. The summed E-state index contributed by atoms with van der Waals surface area (Å²) >= 11 is 11.5. The Morgan fingerprint density at radius 3 is 1.96 bits per heavy atom. The summed E-state index contributed by atoms with van der Waals surface area (Å²) in [6, 6.07) is 12.2. The van der Waals surface area contributed by atoms with Crippen molar-refractivity contribution >= 4 is 52.1 Å². The van der Waals surface area contributed by atoms with Gasteiger partial charge in [-0.2, -0.15) is 10.1 Å². The molecular weight excluding hydrogens is 339 g/mol. The first kappa shape index (κ1) is 15.4. The minimum absolute atomic E-state index is 0.229. The van der Waals surface area contributed by atoms with Crippen LogP contribution in [0.25, 0.3) is 0 Å². The molecule has 1 heterocycles. The van der Waals surface area contributed by atoms with Crippen LogP contribution in [0.15, 0.2) is 53.6 Å². The van der Waals surface area contributed by atoms with Crippen molar-refractivity contribution in [2.45, 2.75) is 0 Å². The first-order valence-corrected chi connectivity index (χ1v) is 7.26. The summed E-state index contributed by atoms with van der Waals surface area (Å²) in [7, 11) is 0. The van der Waals surface area contributed by atoms with E-state index in [1.165, 1.54) is 36.4 Å². The molecule has 0 radical (unpaired) electrons. The second kappa shape index (κ2) is 5.95. The standard InChI is InChI=1S/C16H8Cl2N2O3/c17-10-3-1-9(2-4-10)14(21)13-15(22)16(23)20(19-13)12-7-5-11(18)6-8-12/h1-8H. The van der Waals surface area contributed by atoms with Crippen molar-refractivity contribution in [1.29, 1.82) is 0 Å². The van der Waals surface area contributed by atoms with E-state index in [0.717, 1.165) is 5.01 Å². The molecule has 0 bridgehead atoms. The van der Waals surface area contributed by atoms with Gasteiger partial charge in [0.1, 0.15) is 0 Å². The zero-order valence-corrected chi connectivity index (χ0v) is 13.0. The maximum atomic E-state index is 12.4. The summed E-state index contributed by atoms with van der Waals surface area (Å²) in [5.41, 5.74) is 0.159. The lowest BCUT2D eigenvalue weighted by Gasteiger charge is -2.09. The van der Waals surface area contributed by atoms with E-state index in [1.54, 1.807) is 12.1 Å². The lowest BCUT2D eigenvalue weighted by Crippen LogP contribution is -2.29. The Kier molecular flexibility index (Phi) is 3.98. The van der Waals surface area contributed by atoms with Crippen molar-refractivity contribution in [2.75, 3.05) is 5.01 Å². The Balaban J connectivity index is 1.95. The summed E-state index contributed by atoms with van der Waals surface area (Å²) < 4.78 is 0. The molecule has 7 heteroatoms. The van der Waals surface area contributed by atoms with Crippen molar-refractivity contribution < 1.29 is 14.4 Å². The maximum absolute atomic E-state index is 12.4. The molecule has 0 spiro atoms. The van der Waals surface area contributed by atoms with Crippen molar-refractivity contribution in [3.63, 3.8) is 0 Å². The van der Waals surface area contributed by atoms with Gasteiger partial charge in [0.2, 0.25) is 5.78 Å². The number of hydrogen-bond donors (Lipinski definition) is 0. The van der Waals surface area contributed by atoms with E-state index >= 15 is 0 Å². The van der Waals surface area contributed by atoms with Gasteiger partial charge in [0.25, 0.3) is 5.78 Å². The number of hydrazone groups is 1. The van der Waals surface area contributed by atoms with Gasteiger partial charge >= 0.3 is 5.91 Å². The predicted octanol–water partition coefficient (Wildman–Crippen LogP) is 3.15. The molecule has 0 N–H and O–H groups in total. The van der Waals surface area contributed by atoms with Crippen molar-refractivity contribution in [3.05, 3.63) is 64.1 Å². The van der Waals surface area contributed by atoms with Crippen LogP contribution in [0.1, 0.15) is 10.4 Å². The normalized spacial score (nSPS) is 14.2. The first-order valence-electron chi connectivity index (χ1n) is 6.50. The van der Waals surface area contributed by atoms with E-state index in [2.05, 4.69) is 5.10 Å². The number of Topliss-reactive ketones (excluding diaryl/α,β-unsaturated/α-hetero) is 2. The van der Waals surface area contributed by atoms with Crippen LogP contribution in [0, 0.1) is 0 Å². The molecule has 0 fully saturated rings. The number of rotatable bonds is 3. The average molecular weight is 347 g/mol. The molecule has 2 aromatic carbocycles. The molecule has 0 unspecified atom stereocenters. The fourth-order valence-electron chi connectivity index (χ4n) is 2.03. The molecular formula is C16H8Cl2N2O3. The quantitative estimate of drug-likeness (QED) is 0.633. The number of hydrogen-bond acceptors (Lipinski definition) is 4. The van der Waals surface area contributed by atoms with Crippen LogP contribution in [-0.4, -0.2) is 23.2 Å². The predicted molar refractivity (Wildman–Crippen MR) is 87.2 cm³/mol. The van der Waals surface area contributed by atoms with E-state index in [0.29, 0.717) is 15.7 Å². The molecule has 23 heavy (non-hydrogen) atoms. The number of ketones is 2. The van der Waals surface area contributed by atoms with Crippen LogP contribution in [0.2, 0.25) is 10.0 Å². The Hall–Kier alpha value is -2.50. The topological polar surface area (TPSA) is 66.8 Å². The molecule has 0 aliphatic carbocycles. The summed E-state index contributed by atoms with van der Waals surface area (Å²) in [5.74, 6) is -2.46. The molecule has 5 nitrogen and oxygen atoms in total. The fourth-order valence-corrected chi connectivity index (χ4v) is 2.28. The smallest absolute Gasteiger partial charge is 0.287 e. The van der Waals surface area contributed by atoms with Gasteiger partial charge in [-0.1, -0.05) is 23.2 Å². The molecule has 3 rings (SSSR count). The molecule has 0 atom stereocenters. The molecule has 1 aliphatic heterocycles. The summed E-state index contributed by atoms with van der Waals surface area (Å²) in [6.07, 6.45) is 0. The molecule has 0 saturated carbocycles. The van der Waals surface area contributed by atoms with E-state index in [9.17, 15) is 14.4 Å². The third-order valence-corrected chi connectivity index (χ3v) is 3.70. The lowest BCUT2D eigenvalue weighted by atomic mass is 10.0. The average Bonchev–Trinajstić information content (AvgIpc) is 2.84. The number of anilines is 1. The third-order valence-electron chi connectivity index (χ3n) is 3.19. The SMILES string of the molecule is O=C1C(=O)N(c2ccc(Cl)cc2)N=C1C(=O)c1ccc(Cl)cc1. The number of benzene rings is 2. The van der Waals surface area contributed by atoms with Gasteiger partial charge in [-0.05, 0) is 48.5 Å². The maximum Gasteiger partial charge on any atom is 0.321 e. The van der Waals surface area contributed by atoms with Crippen molar-refractivity contribution in [3.8, 4) is 0 Å². The van der Waals surface area contributed by atoms with Crippen LogP contribution in [0.4, 0.5) is 5.69 Å². The second-order valence-corrected chi connectivity index (χ2v) is 5.58. The lowest BCUT2D eigenvalue weighted by molar-refractivity contribution is -0.131. The van der Waals surface area contributed by atoms with Crippen molar-refractivity contribution in [1.82, 2.24) is 0 Å². The highest BCUT2D eigenvalue weighted by Crippen LogP contribution is 2.22. The van der Waals surface area contributed by atoms with Gasteiger partial charge < -0.3 is 0 Å². The summed E-state index contributed by atoms with van der Waals surface area (Å²) in [5, 5.41) is 5.70. The molecule has 1 aliphatic rings. The van der Waals surface area contributed by atoms with Crippen LogP contribution in [0.5, 0.6) is 0 Å². The van der Waals surface area contributed by atoms with E-state index in [1.807, 2.05) is 0 Å². The Bertz CT molecular complexity index is 843. The molecule has 114 valence electrons. The zero-order valence-electron chi connectivity index (χ0n) is 11.5. The Labute approximate surface area is 141 Å². The summed E-state index contributed by atoms with van der Waals surface area (Å²) in [4.78, 5) is 36.4. The van der Waals surface area contributed by atoms with Crippen LogP contribution < -0.4 is 5.01 Å². The van der Waals surface area contributed by atoms with Gasteiger partial charge in [0.15, 0.2) is 5.71 Å². The second-order valence-electron chi connectivity index (χ2n) is 4.71. The van der Waals surface area contributed by atoms with Gasteiger partial charge in [0.05, 0.1) is 5.69 Å². The largest absolute Gasteiger partial charge is 0.321 e. The number of carbonyl (C=O) groups excluding carboxylic acids is 3. The van der Waals surface area contributed by atoms with E-state index < -0.39 is 23.2 Å². The number of amides is 1. The van der Waals surface area contributed by atoms with Gasteiger partial charge in [0, 0.05) is 15.6 Å². The van der Waals surface area contributed by atoms with Crippen LogP contribution in [-0.2, 0) is 9.59 Å². The van der Waals surface area contributed by atoms with Crippen LogP contribution >= 0.6 is 23.2 Å². The van der Waals surface area contributed by atoms with Gasteiger partial charge in [-0.3, -0.25) is 14.4 Å². The zero-order chi connectivity index (χ0) is 16.6. The highest BCUT2D eigenvalue weighted by atomic mass is 35.5. The molecule has 0 saturated heterocycles. The fraction of sp³-hybridized carbons (Fsp3) is 0. The first-order chi connectivity index (χ1) is 11.0. The highest BCUT2D eigenvalue weighted by Gasteiger charge is 2.39. The highest BCUT2D eigenvalue weighted by molar-refractivity contribution is 6.84. The number of carbonyl (C=O) groups is 3. The minimum atomic E-state index is -0.945.